The summed E-state index contributed by atoms with van der Waals surface area (Å²) in [5, 5.41) is 2.72. The first-order chi connectivity index (χ1) is 12.8. The summed E-state index contributed by atoms with van der Waals surface area (Å²) in [6.45, 7) is 6.33. The molecule has 0 radical (unpaired) electrons. The zero-order valence-electron chi connectivity index (χ0n) is 15.8. The minimum atomic E-state index is -0.605. The van der Waals surface area contributed by atoms with E-state index in [1.807, 2.05) is 30.3 Å². The van der Waals surface area contributed by atoms with Crippen molar-refractivity contribution in [3.63, 3.8) is 0 Å². The Bertz CT molecular complexity index is 832. The fourth-order valence-corrected chi connectivity index (χ4v) is 3.08. The third-order valence-electron chi connectivity index (χ3n) is 4.69. The summed E-state index contributed by atoms with van der Waals surface area (Å²) in [6.07, 6.45) is 2.90. The van der Waals surface area contributed by atoms with Crippen molar-refractivity contribution in [2.75, 3.05) is 18.4 Å². The molecule has 0 aliphatic carbocycles. The molecule has 0 unspecified atom stereocenters. The first kappa shape index (κ1) is 19.0. The second-order valence-electron chi connectivity index (χ2n) is 7.85. The SMILES string of the molecule is CC(C)(C)C(=O)Nc1nccnc1C(=O)N1C[C@@H](N)[C@H](c2ccccc2)C1. The molecule has 1 aromatic carbocycles. The Morgan fingerprint density at radius 1 is 1.11 bits per heavy atom. The number of rotatable bonds is 3. The Kier molecular flexibility index (Phi) is 5.23. The van der Waals surface area contributed by atoms with Crippen molar-refractivity contribution in [3.8, 4) is 0 Å². The molecular formula is C20H25N5O2. The fraction of sp³-hybridized carbons (Fsp3) is 0.400. The van der Waals surface area contributed by atoms with Gasteiger partial charge in [0.1, 0.15) is 0 Å². The number of aromatic nitrogens is 2. The highest BCUT2D eigenvalue weighted by molar-refractivity contribution is 6.02. The van der Waals surface area contributed by atoms with E-state index in [9.17, 15) is 9.59 Å². The average Bonchev–Trinajstić information content (AvgIpc) is 3.03. The molecule has 3 N–H and O–H groups in total. The maximum atomic E-state index is 13.0. The van der Waals surface area contributed by atoms with Gasteiger partial charge in [-0.2, -0.15) is 0 Å². The molecule has 1 aromatic heterocycles. The van der Waals surface area contributed by atoms with Crippen LogP contribution in [-0.4, -0.2) is 45.8 Å². The van der Waals surface area contributed by atoms with Gasteiger partial charge in [-0.3, -0.25) is 9.59 Å². The zero-order chi connectivity index (χ0) is 19.6. The molecular weight excluding hydrogens is 342 g/mol. The lowest BCUT2D eigenvalue weighted by atomic mass is 9.95. The number of hydrogen-bond acceptors (Lipinski definition) is 5. The highest BCUT2D eigenvalue weighted by Crippen LogP contribution is 2.28. The van der Waals surface area contributed by atoms with Crippen LogP contribution in [0, 0.1) is 5.41 Å². The number of amides is 2. The third kappa shape index (κ3) is 4.14. The van der Waals surface area contributed by atoms with Crippen LogP contribution in [0.3, 0.4) is 0 Å². The molecule has 2 amide bonds. The maximum absolute atomic E-state index is 13.0. The molecule has 7 heteroatoms. The van der Waals surface area contributed by atoms with Crippen molar-refractivity contribution in [1.29, 1.82) is 0 Å². The van der Waals surface area contributed by atoms with Gasteiger partial charge < -0.3 is 16.0 Å². The number of carbonyl (C=O) groups excluding carboxylic acids is 2. The quantitative estimate of drug-likeness (QED) is 0.864. The number of benzene rings is 1. The Labute approximate surface area is 159 Å². The van der Waals surface area contributed by atoms with Gasteiger partial charge in [0.15, 0.2) is 11.5 Å². The fourth-order valence-electron chi connectivity index (χ4n) is 3.08. The van der Waals surface area contributed by atoms with E-state index >= 15 is 0 Å². The Morgan fingerprint density at radius 3 is 2.44 bits per heavy atom. The van der Waals surface area contributed by atoms with Crippen molar-refractivity contribution < 1.29 is 9.59 Å². The highest BCUT2D eigenvalue weighted by Gasteiger charge is 2.36. The van der Waals surface area contributed by atoms with Crippen molar-refractivity contribution in [1.82, 2.24) is 14.9 Å². The summed E-state index contributed by atoms with van der Waals surface area (Å²) in [6, 6.07) is 9.79. The summed E-state index contributed by atoms with van der Waals surface area (Å²) in [4.78, 5) is 35.3. The summed E-state index contributed by atoms with van der Waals surface area (Å²) >= 11 is 0. The third-order valence-corrected chi connectivity index (χ3v) is 4.69. The molecule has 1 aliphatic heterocycles. The van der Waals surface area contributed by atoms with E-state index in [1.165, 1.54) is 12.4 Å². The lowest BCUT2D eigenvalue weighted by Crippen LogP contribution is -2.34. The Balaban J connectivity index is 1.80. The van der Waals surface area contributed by atoms with E-state index < -0.39 is 5.41 Å². The molecule has 3 rings (SSSR count). The molecule has 2 heterocycles. The van der Waals surface area contributed by atoms with Gasteiger partial charge in [-0.15, -0.1) is 0 Å². The number of hydrogen-bond donors (Lipinski definition) is 2. The first-order valence-corrected chi connectivity index (χ1v) is 8.99. The lowest BCUT2D eigenvalue weighted by Gasteiger charge is -2.20. The Hall–Kier alpha value is -2.80. The van der Waals surface area contributed by atoms with Gasteiger partial charge in [0.05, 0.1) is 0 Å². The van der Waals surface area contributed by atoms with E-state index in [1.54, 1.807) is 25.7 Å². The predicted octanol–water partition coefficient (Wildman–Crippen LogP) is 2.03. The van der Waals surface area contributed by atoms with Crippen LogP contribution in [-0.2, 0) is 4.79 Å². The first-order valence-electron chi connectivity index (χ1n) is 8.99. The highest BCUT2D eigenvalue weighted by atomic mass is 16.2. The zero-order valence-corrected chi connectivity index (χ0v) is 15.8. The van der Waals surface area contributed by atoms with Gasteiger partial charge in [-0.1, -0.05) is 51.1 Å². The van der Waals surface area contributed by atoms with Crippen LogP contribution in [0.2, 0.25) is 0 Å². The summed E-state index contributed by atoms with van der Waals surface area (Å²) < 4.78 is 0. The van der Waals surface area contributed by atoms with Gasteiger partial charge >= 0.3 is 0 Å². The predicted molar refractivity (Wildman–Crippen MR) is 103 cm³/mol. The van der Waals surface area contributed by atoms with Crippen LogP contribution in [0.15, 0.2) is 42.7 Å². The number of nitrogens with zero attached hydrogens (tertiary/aromatic N) is 3. The second-order valence-corrected chi connectivity index (χ2v) is 7.85. The van der Waals surface area contributed by atoms with Gasteiger partial charge in [0.25, 0.3) is 5.91 Å². The van der Waals surface area contributed by atoms with E-state index in [0.717, 1.165) is 5.56 Å². The number of nitrogens with two attached hydrogens (primary N) is 1. The van der Waals surface area contributed by atoms with Gasteiger partial charge in [-0.25, -0.2) is 9.97 Å². The van der Waals surface area contributed by atoms with E-state index in [0.29, 0.717) is 13.1 Å². The summed E-state index contributed by atoms with van der Waals surface area (Å²) in [5.41, 5.74) is 6.94. The minimum Gasteiger partial charge on any atom is -0.335 e. The molecule has 1 fully saturated rings. The number of carbonyl (C=O) groups is 2. The molecule has 0 bridgehead atoms. The van der Waals surface area contributed by atoms with Crippen molar-refractivity contribution in [2.24, 2.45) is 11.1 Å². The largest absolute Gasteiger partial charge is 0.335 e. The molecule has 0 saturated carbocycles. The van der Waals surface area contributed by atoms with Crippen LogP contribution in [0.5, 0.6) is 0 Å². The summed E-state index contributed by atoms with van der Waals surface area (Å²) in [7, 11) is 0. The summed E-state index contributed by atoms with van der Waals surface area (Å²) in [5.74, 6) is -0.253. The molecule has 1 saturated heterocycles. The normalized spacial score (nSPS) is 19.8. The van der Waals surface area contributed by atoms with E-state index in [2.05, 4.69) is 15.3 Å². The molecule has 1 aliphatic rings. The smallest absolute Gasteiger partial charge is 0.276 e. The van der Waals surface area contributed by atoms with Crippen LogP contribution in [0.4, 0.5) is 5.82 Å². The molecule has 27 heavy (non-hydrogen) atoms. The van der Waals surface area contributed by atoms with Crippen LogP contribution in [0.1, 0.15) is 42.7 Å². The average molecular weight is 367 g/mol. The molecule has 2 aromatic rings. The second kappa shape index (κ2) is 7.44. The molecule has 142 valence electrons. The van der Waals surface area contributed by atoms with Crippen LogP contribution < -0.4 is 11.1 Å². The van der Waals surface area contributed by atoms with E-state index in [-0.39, 0.29) is 35.3 Å². The van der Waals surface area contributed by atoms with Gasteiger partial charge in [-0.05, 0) is 5.56 Å². The van der Waals surface area contributed by atoms with Crippen molar-refractivity contribution in [2.45, 2.75) is 32.7 Å². The molecule has 7 nitrogen and oxygen atoms in total. The molecule has 2 atom stereocenters. The van der Waals surface area contributed by atoms with Crippen LogP contribution >= 0.6 is 0 Å². The van der Waals surface area contributed by atoms with Gasteiger partial charge in [0, 0.05) is 42.9 Å². The molecule has 0 spiro atoms. The van der Waals surface area contributed by atoms with Crippen molar-refractivity contribution in [3.05, 3.63) is 54.0 Å². The standard InChI is InChI=1S/C20H25N5O2/c1-20(2,3)19(27)24-17-16(22-9-10-23-17)18(26)25-11-14(15(21)12-25)13-7-5-4-6-8-13/h4-10,14-15H,11-12,21H2,1-3H3,(H,23,24,27)/t14-,15+/m0/s1. The van der Waals surface area contributed by atoms with Gasteiger partial charge in [0.2, 0.25) is 5.91 Å². The minimum absolute atomic E-state index is 0.0689. The van der Waals surface area contributed by atoms with Crippen molar-refractivity contribution >= 4 is 17.6 Å². The number of anilines is 1. The maximum Gasteiger partial charge on any atom is 0.276 e. The lowest BCUT2D eigenvalue weighted by molar-refractivity contribution is -0.123. The monoisotopic (exact) mass is 367 g/mol. The topological polar surface area (TPSA) is 101 Å². The van der Waals surface area contributed by atoms with Crippen LogP contribution in [0.25, 0.3) is 0 Å². The van der Waals surface area contributed by atoms with E-state index in [4.69, 9.17) is 5.73 Å². The number of likely N-dealkylation sites (tertiary alicyclic amines) is 1. The number of nitrogens with one attached hydrogen (secondary N) is 1. The Morgan fingerprint density at radius 2 is 1.78 bits per heavy atom.